The summed E-state index contributed by atoms with van der Waals surface area (Å²) in [5, 5.41) is 12.1. The van der Waals surface area contributed by atoms with E-state index in [1.807, 2.05) is 30.5 Å². The third-order valence-corrected chi connectivity index (χ3v) is 3.54. The first-order chi connectivity index (χ1) is 9.86. The van der Waals surface area contributed by atoms with Gasteiger partial charge < -0.3 is 10.2 Å². The molecule has 1 aromatic heterocycles. The van der Waals surface area contributed by atoms with Crippen molar-refractivity contribution in [3.63, 3.8) is 0 Å². The molecule has 3 rings (SSSR count). The molecule has 2 aromatic rings. The summed E-state index contributed by atoms with van der Waals surface area (Å²) in [5.41, 5.74) is 2.84. The summed E-state index contributed by atoms with van der Waals surface area (Å²) < 4.78 is 0. The molecule has 1 fully saturated rings. The van der Waals surface area contributed by atoms with Gasteiger partial charge in [-0.05, 0) is 29.8 Å². The van der Waals surface area contributed by atoms with Crippen LogP contribution in [0.2, 0.25) is 0 Å². The highest BCUT2D eigenvalue weighted by Crippen LogP contribution is 2.21. The Kier molecular flexibility index (Phi) is 5.15. The van der Waals surface area contributed by atoms with Gasteiger partial charge in [-0.25, -0.2) is 4.98 Å². The highest BCUT2D eigenvalue weighted by Gasteiger charge is 2.11. The van der Waals surface area contributed by atoms with Gasteiger partial charge in [0.25, 0.3) is 0 Å². The minimum atomic E-state index is 0. The predicted octanol–water partition coefficient (Wildman–Crippen LogP) is 2.45. The van der Waals surface area contributed by atoms with Crippen molar-refractivity contribution in [3.8, 4) is 17.2 Å². The minimum Gasteiger partial charge on any atom is -0.354 e. The number of nitrogens with one attached hydrogen (secondary N) is 1. The zero-order valence-electron chi connectivity index (χ0n) is 11.6. The summed E-state index contributed by atoms with van der Waals surface area (Å²) >= 11 is 0. The molecule has 0 amide bonds. The van der Waals surface area contributed by atoms with Gasteiger partial charge in [-0.1, -0.05) is 12.1 Å². The number of anilines is 1. The molecule has 0 saturated carbocycles. The van der Waals surface area contributed by atoms with E-state index in [9.17, 15) is 0 Å². The van der Waals surface area contributed by atoms with Gasteiger partial charge in [0.2, 0.25) is 0 Å². The summed E-state index contributed by atoms with van der Waals surface area (Å²) in [7, 11) is 0. The lowest BCUT2D eigenvalue weighted by Crippen LogP contribution is -2.43. The molecule has 1 aliphatic rings. The summed E-state index contributed by atoms with van der Waals surface area (Å²) in [5.74, 6) is 1.03. The van der Waals surface area contributed by atoms with Crippen LogP contribution in [0.25, 0.3) is 11.1 Å². The van der Waals surface area contributed by atoms with Gasteiger partial charge in [0, 0.05) is 37.9 Å². The molecule has 1 aromatic carbocycles. The van der Waals surface area contributed by atoms with E-state index in [4.69, 9.17) is 5.26 Å². The van der Waals surface area contributed by atoms with Crippen molar-refractivity contribution >= 4 is 18.2 Å². The van der Waals surface area contributed by atoms with Gasteiger partial charge in [-0.15, -0.1) is 12.4 Å². The van der Waals surface area contributed by atoms with Crippen LogP contribution in [0.3, 0.4) is 0 Å². The third kappa shape index (κ3) is 3.52. The van der Waals surface area contributed by atoms with Gasteiger partial charge >= 0.3 is 0 Å². The molecule has 5 heteroatoms. The SMILES string of the molecule is Cl.N#Cc1ccc(-c2ccc(N3CCNCC3)nc2)cc1. The Hall–Kier alpha value is -2.09. The molecule has 0 unspecified atom stereocenters. The van der Waals surface area contributed by atoms with Gasteiger partial charge in [-0.2, -0.15) is 5.26 Å². The highest BCUT2D eigenvalue weighted by molar-refractivity contribution is 5.85. The van der Waals surface area contributed by atoms with Gasteiger partial charge in [0.1, 0.15) is 5.82 Å². The van der Waals surface area contributed by atoms with Crippen LogP contribution in [0.1, 0.15) is 5.56 Å². The molecule has 21 heavy (non-hydrogen) atoms. The lowest BCUT2D eigenvalue weighted by atomic mass is 10.1. The molecule has 1 aliphatic heterocycles. The van der Waals surface area contributed by atoms with Crippen LogP contribution in [0.4, 0.5) is 5.82 Å². The second kappa shape index (κ2) is 7.07. The molecular weight excluding hydrogens is 284 g/mol. The fourth-order valence-corrected chi connectivity index (χ4v) is 2.38. The first-order valence-corrected chi connectivity index (χ1v) is 6.79. The first kappa shape index (κ1) is 15.3. The number of nitriles is 1. The van der Waals surface area contributed by atoms with E-state index >= 15 is 0 Å². The molecular formula is C16H17ClN4. The maximum Gasteiger partial charge on any atom is 0.128 e. The number of nitrogens with zero attached hydrogens (tertiary/aromatic N) is 3. The highest BCUT2D eigenvalue weighted by atomic mass is 35.5. The minimum absolute atomic E-state index is 0. The topological polar surface area (TPSA) is 52.0 Å². The van der Waals surface area contributed by atoms with Crippen LogP contribution >= 0.6 is 12.4 Å². The molecule has 1 saturated heterocycles. The zero-order chi connectivity index (χ0) is 13.8. The fourth-order valence-electron chi connectivity index (χ4n) is 2.38. The zero-order valence-corrected chi connectivity index (χ0v) is 12.4. The summed E-state index contributed by atoms with van der Waals surface area (Å²) in [4.78, 5) is 6.85. The van der Waals surface area contributed by atoms with Gasteiger partial charge in [0.15, 0.2) is 0 Å². The first-order valence-electron chi connectivity index (χ1n) is 6.79. The van der Waals surface area contributed by atoms with E-state index in [0.29, 0.717) is 5.56 Å². The lowest BCUT2D eigenvalue weighted by molar-refractivity contribution is 0.585. The Bertz CT molecular complexity index is 610. The van der Waals surface area contributed by atoms with E-state index in [0.717, 1.165) is 43.1 Å². The summed E-state index contributed by atoms with van der Waals surface area (Å²) in [6, 6.07) is 13.9. The van der Waals surface area contributed by atoms with Crippen molar-refractivity contribution in [2.45, 2.75) is 0 Å². The van der Waals surface area contributed by atoms with Crippen LogP contribution in [0, 0.1) is 11.3 Å². The lowest BCUT2D eigenvalue weighted by Gasteiger charge is -2.28. The van der Waals surface area contributed by atoms with Crippen LogP contribution < -0.4 is 10.2 Å². The Balaban J connectivity index is 0.00000161. The average molecular weight is 301 g/mol. The molecule has 0 radical (unpaired) electrons. The molecule has 108 valence electrons. The Morgan fingerprint density at radius 3 is 2.24 bits per heavy atom. The van der Waals surface area contributed by atoms with E-state index in [1.165, 1.54) is 0 Å². The van der Waals surface area contributed by atoms with Gasteiger partial charge in [-0.3, -0.25) is 0 Å². The normalized spacial score (nSPS) is 14.1. The van der Waals surface area contributed by atoms with E-state index in [2.05, 4.69) is 33.4 Å². The second-order valence-electron chi connectivity index (χ2n) is 4.83. The molecule has 0 bridgehead atoms. The van der Waals surface area contributed by atoms with Crippen molar-refractivity contribution in [2.24, 2.45) is 0 Å². The number of pyridine rings is 1. The molecule has 0 atom stereocenters. The quantitative estimate of drug-likeness (QED) is 0.925. The maximum atomic E-state index is 8.81. The number of rotatable bonds is 2. The number of aromatic nitrogens is 1. The molecule has 0 aliphatic carbocycles. The maximum absolute atomic E-state index is 8.81. The van der Waals surface area contributed by atoms with Crippen LogP contribution in [-0.2, 0) is 0 Å². The standard InChI is InChI=1S/C16H16N4.ClH/c17-11-13-1-3-14(4-2-13)15-5-6-16(19-12-15)20-9-7-18-8-10-20;/h1-6,12,18H,7-10H2;1H. The van der Waals surface area contributed by atoms with Gasteiger partial charge in [0.05, 0.1) is 11.6 Å². The fraction of sp³-hybridized carbons (Fsp3) is 0.250. The van der Waals surface area contributed by atoms with E-state index < -0.39 is 0 Å². The monoisotopic (exact) mass is 300 g/mol. The predicted molar refractivity (Wildman–Crippen MR) is 86.7 cm³/mol. The number of hydrogen-bond acceptors (Lipinski definition) is 4. The summed E-state index contributed by atoms with van der Waals surface area (Å²) in [6.07, 6.45) is 1.90. The van der Waals surface area contributed by atoms with Crippen molar-refractivity contribution in [1.82, 2.24) is 10.3 Å². The van der Waals surface area contributed by atoms with Crippen molar-refractivity contribution < 1.29 is 0 Å². The largest absolute Gasteiger partial charge is 0.354 e. The van der Waals surface area contributed by atoms with Crippen LogP contribution in [0.15, 0.2) is 42.6 Å². The van der Waals surface area contributed by atoms with Crippen molar-refractivity contribution in [1.29, 1.82) is 5.26 Å². The number of halogens is 1. The number of piperazine rings is 1. The number of benzene rings is 1. The van der Waals surface area contributed by atoms with Crippen molar-refractivity contribution in [2.75, 3.05) is 31.1 Å². The summed E-state index contributed by atoms with van der Waals surface area (Å²) in [6.45, 7) is 4.03. The smallest absolute Gasteiger partial charge is 0.128 e. The van der Waals surface area contributed by atoms with E-state index in [1.54, 1.807) is 0 Å². The van der Waals surface area contributed by atoms with E-state index in [-0.39, 0.29) is 12.4 Å². The average Bonchev–Trinajstić information content (AvgIpc) is 2.56. The number of hydrogen-bond donors (Lipinski definition) is 1. The molecule has 4 nitrogen and oxygen atoms in total. The molecule has 0 spiro atoms. The van der Waals surface area contributed by atoms with Crippen LogP contribution in [0.5, 0.6) is 0 Å². The third-order valence-electron chi connectivity index (χ3n) is 3.54. The Morgan fingerprint density at radius 1 is 1.00 bits per heavy atom. The Morgan fingerprint density at radius 2 is 1.67 bits per heavy atom. The molecule has 2 heterocycles. The second-order valence-corrected chi connectivity index (χ2v) is 4.83. The molecule has 1 N–H and O–H groups in total. The Labute approximate surface area is 130 Å². The van der Waals surface area contributed by atoms with Crippen molar-refractivity contribution in [3.05, 3.63) is 48.2 Å². The van der Waals surface area contributed by atoms with Crippen LogP contribution in [-0.4, -0.2) is 31.2 Å².